The molecule has 3 nitrogen and oxygen atoms in total. The van der Waals surface area contributed by atoms with Gasteiger partial charge in [-0.2, -0.15) is 0 Å². The molecule has 0 bridgehead atoms. The Morgan fingerprint density at radius 3 is 2.60 bits per heavy atom. The molecule has 82 valence electrons. The molecule has 0 saturated carbocycles. The minimum atomic E-state index is 0.0743. The summed E-state index contributed by atoms with van der Waals surface area (Å²) in [5.74, 6) is 0.923. The molecule has 0 aliphatic carbocycles. The molecule has 0 saturated heterocycles. The summed E-state index contributed by atoms with van der Waals surface area (Å²) in [5.41, 5.74) is 2.29. The highest BCUT2D eigenvalue weighted by atomic mass is 16.5. The molecule has 0 atom stereocenters. The lowest BCUT2D eigenvalue weighted by molar-refractivity contribution is -0.128. The van der Waals surface area contributed by atoms with Crippen molar-refractivity contribution in [3.63, 3.8) is 0 Å². The van der Waals surface area contributed by atoms with Gasteiger partial charge >= 0.3 is 0 Å². The molecule has 1 rings (SSSR count). The van der Waals surface area contributed by atoms with E-state index in [1.165, 1.54) is 0 Å². The van der Waals surface area contributed by atoms with E-state index in [9.17, 15) is 4.79 Å². The van der Waals surface area contributed by atoms with Crippen LogP contribution in [0.3, 0.4) is 0 Å². The summed E-state index contributed by atoms with van der Waals surface area (Å²) in [7, 11) is 3.45. The fourth-order valence-corrected chi connectivity index (χ4v) is 1.34. The van der Waals surface area contributed by atoms with Gasteiger partial charge in [-0.1, -0.05) is 6.07 Å². The smallest absolute Gasteiger partial charge is 0.219 e. The number of amides is 1. The highest BCUT2D eigenvalue weighted by Gasteiger charge is 2.06. The maximum atomic E-state index is 11.1. The predicted molar refractivity (Wildman–Crippen MR) is 59.9 cm³/mol. The number of benzene rings is 1. The van der Waals surface area contributed by atoms with Gasteiger partial charge in [0.15, 0.2) is 0 Å². The van der Waals surface area contributed by atoms with E-state index in [0.29, 0.717) is 6.54 Å². The third-order valence-corrected chi connectivity index (χ3v) is 2.49. The SMILES string of the molecule is COc1ccc(CN(C)C(C)=O)c(C)c1. The molecule has 15 heavy (non-hydrogen) atoms. The summed E-state index contributed by atoms with van der Waals surface area (Å²) in [4.78, 5) is 12.8. The van der Waals surface area contributed by atoms with E-state index in [1.54, 1.807) is 26.0 Å². The second kappa shape index (κ2) is 4.82. The van der Waals surface area contributed by atoms with Gasteiger partial charge in [0, 0.05) is 20.5 Å². The van der Waals surface area contributed by atoms with Crippen molar-refractivity contribution in [1.29, 1.82) is 0 Å². The minimum Gasteiger partial charge on any atom is -0.497 e. The second-order valence-corrected chi connectivity index (χ2v) is 3.67. The van der Waals surface area contributed by atoms with Crippen molar-refractivity contribution in [2.45, 2.75) is 20.4 Å². The molecule has 0 spiro atoms. The standard InChI is InChI=1S/C12H17NO2/c1-9-7-12(15-4)6-5-11(9)8-13(3)10(2)14/h5-7H,8H2,1-4H3. The molecule has 1 aromatic carbocycles. The van der Waals surface area contributed by atoms with Crippen LogP contribution >= 0.6 is 0 Å². The molecule has 0 aromatic heterocycles. The molecule has 0 heterocycles. The first-order valence-corrected chi connectivity index (χ1v) is 4.90. The number of rotatable bonds is 3. The first-order valence-electron chi connectivity index (χ1n) is 4.90. The van der Waals surface area contributed by atoms with Crippen molar-refractivity contribution in [1.82, 2.24) is 4.90 Å². The van der Waals surface area contributed by atoms with Crippen LogP contribution in [0.2, 0.25) is 0 Å². The van der Waals surface area contributed by atoms with Crippen molar-refractivity contribution in [3.8, 4) is 5.75 Å². The summed E-state index contributed by atoms with van der Waals surface area (Å²) in [6, 6.07) is 5.88. The summed E-state index contributed by atoms with van der Waals surface area (Å²) >= 11 is 0. The average molecular weight is 207 g/mol. The summed E-state index contributed by atoms with van der Waals surface area (Å²) < 4.78 is 5.12. The van der Waals surface area contributed by atoms with E-state index < -0.39 is 0 Å². The molecule has 1 aromatic rings. The Balaban J connectivity index is 2.82. The van der Waals surface area contributed by atoms with Gasteiger partial charge in [0.25, 0.3) is 0 Å². The van der Waals surface area contributed by atoms with Crippen LogP contribution in [0.1, 0.15) is 18.1 Å². The van der Waals surface area contributed by atoms with Crippen LogP contribution in [-0.2, 0) is 11.3 Å². The molecule has 0 unspecified atom stereocenters. The Morgan fingerprint density at radius 2 is 2.13 bits per heavy atom. The third-order valence-electron chi connectivity index (χ3n) is 2.49. The summed E-state index contributed by atoms with van der Waals surface area (Å²) in [6.07, 6.45) is 0. The van der Waals surface area contributed by atoms with E-state index in [-0.39, 0.29) is 5.91 Å². The quantitative estimate of drug-likeness (QED) is 0.758. The zero-order valence-corrected chi connectivity index (χ0v) is 9.70. The van der Waals surface area contributed by atoms with Crippen molar-refractivity contribution in [2.75, 3.05) is 14.2 Å². The van der Waals surface area contributed by atoms with Crippen LogP contribution in [0.25, 0.3) is 0 Å². The van der Waals surface area contributed by atoms with Gasteiger partial charge in [-0.05, 0) is 30.2 Å². The number of carbonyl (C=O) groups excluding carboxylic acids is 1. The molecule has 0 aliphatic heterocycles. The fraction of sp³-hybridized carbons (Fsp3) is 0.417. The van der Waals surface area contributed by atoms with Crippen molar-refractivity contribution >= 4 is 5.91 Å². The number of hydrogen-bond acceptors (Lipinski definition) is 2. The molecule has 1 amide bonds. The van der Waals surface area contributed by atoms with E-state index >= 15 is 0 Å². The number of carbonyl (C=O) groups is 1. The minimum absolute atomic E-state index is 0.0743. The van der Waals surface area contributed by atoms with Crippen LogP contribution in [0.4, 0.5) is 0 Å². The van der Waals surface area contributed by atoms with Gasteiger partial charge in [0.2, 0.25) is 5.91 Å². The number of methoxy groups -OCH3 is 1. The molecular formula is C12H17NO2. The Bertz CT molecular complexity index is 361. The van der Waals surface area contributed by atoms with Crippen molar-refractivity contribution < 1.29 is 9.53 Å². The van der Waals surface area contributed by atoms with Crippen LogP contribution < -0.4 is 4.74 Å². The van der Waals surface area contributed by atoms with Gasteiger partial charge in [-0.25, -0.2) is 0 Å². The van der Waals surface area contributed by atoms with E-state index in [2.05, 4.69) is 0 Å². The summed E-state index contributed by atoms with van der Waals surface area (Å²) in [5, 5.41) is 0. The zero-order chi connectivity index (χ0) is 11.4. The summed E-state index contributed by atoms with van der Waals surface area (Å²) in [6.45, 7) is 4.23. The zero-order valence-electron chi connectivity index (χ0n) is 9.70. The molecular weight excluding hydrogens is 190 g/mol. The maximum absolute atomic E-state index is 11.1. The largest absolute Gasteiger partial charge is 0.497 e. The Labute approximate surface area is 90.7 Å². The lowest BCUT2D eigenvalue weighted by Gasteiger charge is -2.16. The molecule has 3 heteroatoms. The predicted octanol–water partition coefficient (Wildman–Crippen LogP) is 1.98. The fourth-order valence-electron chi connectivity index (χ4n) is 1.34. The van der Waals surface area contributed by atoms with E-state index in [0.717, 1.165) is 16.9 Å². The van der Waals surface area contributed by atoms with Gasteiger partial charge < -0.3 is 9.64 Å². The van der Waals surface area contributed by atoms with Crippen molar-refractivity contribution in [2.24, 2.45) is 0 Å². The highest BCUT2D eigenvalue weighted by molar-refractivity contribution is 5.72. The van der Waals surface area contributed by atoms with Gasteiger partial charge in [-0.15, -0.1) is 0 Å². The first-order chi connectivity index (χ1) is 7.04. The Kier molecular flexibility index (Phi) is 3.72. The maximum Gasteiger partial charge on any atom is 0.219 e. The highest BCUT2D eigenvalue weighted by Crippen LogP contribution is 2.17. The average Bonchev–Trinajstić information content (AvgIpc) is 2.20. The number of aryl methyl sites for hydroxylation is 1. The van der Waals surface area contributed by atoms with Crippen molar-refractivity contribution in [3.05, 3.63) is 29.3 Å². The van der Waals surface area contributed by atoms with Crippen LogP contribution in [0.5, 0.6) is 5.75 Å². The Hall–Kier alpha value is -1.51. The Morgan fingerprint density at radius 1 is 1.47 bits per heavy atom. The lowest BCUT2D eigenvalue weighted by atomic mass is 10.1. The number of ether oxygens (including phenoxy) is 1. The van der Waals surface area contributed by atoms with Crippen LogP contribution in [0.15, 0.2) is 18.2 Å². The van der Waals surface area contributed by atoms with Gasteiger partial charge in [0.05, 0.1) is 7.11 Å². The second-order valence-electron chi connectivity index (χ2n) is 3.67. The third kappa shape index (κ3) is 2.98. The first kappa shape index (κ1) is 11.6. The topological polar surface area (TPSA) is 29.5 Å². The molecule has 0 N–H and O–H groups in total. The molecule has 0 aliphatic rings. The van der Waals surface area contributed by atoms with Gasteiger partial charge in [0.1, 0.15) is 5.75 Å². The van der Waals surface area contributed by atoms with Gasteiger partial charge in [-0.3, -0.25) is 4.79 Å². The number of hydrogen-bond donors (Lipinski definition) is 0. The normalized spacial score (nSPS) is 9.87. The lowest BCUT2D eigenvalue weighted by Crippen LogP contribution is -2.23. The number of nitrogens with zero attached hydrogens (tertiary/aromatic N) is 1. The van der Waals surface area contributed by atoms with Crippen LogP contribution in [-0.4, -0.2) is 25.0 Å². The van der Waals surface area contributed by atoms with E-state index in [4.69, 9.17) is 4.74 Å². The van der Waals surface area contributed by atoms with E-state index in [1.807, 2.05) is 25.1 Å². The molecule has 0 fully saturated rings. The monoisotopic (exact) mass is 207 g/mol. The molecule has 0 radical (unpaired) electrons. The van der Waals surface area contributed by atoms with Crippen LogP contribution in [0, 0.1) is 6.92 Å².